The molecule has 0 fully saturated rings. The Morgan fingerprint density at radius 2 is 2.42 bits per heavy atom. The lowest BCUT2D eigenvalue weighted by molar-refractivity contribution is -0.122. The number of nitrogens with zero attached hydrogens (tertiary/aromatic N) is 1. The van der Waals surface area contributed by atoms with E-state index in [4.69, 9.17) is 4.74 Å². The van der Waals surface area contributed by atoms with Crippen LogP contribution in [0.25, 0.3) is 0 Å². The molecule has 0 aliphatic carbocycles. The van der Waals surface area contributed by atoms with E-state index in [2.05, 4.69) is 15.8 Å². The number of amides is 2. The zero-order valence-electron chi connectivity index (χ0n) is 10.3. The van der Waals surface area contributed by atoms with Crippen molar-refractivity contribution in [3.63, 3.8) is 0 Å². The Labute approximate surface area is 114 Å². The van der Waals surface area contributed by atoms with Gasteiger partial charge in [-0.1, -0.05) is 23.9 Å². The van der Waals surface area contributed by atoms with Crippen LogP contribution in [0, 0.1) is 0 Å². The van der Waals surface area contributed by atoms with Gasteiger partial charge in [0.15, 0.2) is 6.61 Å². The van der Waals surface area contributed by atoms with Crippen LogP contribution in [0.15, 0.2) is 29.4 Å². The minimum atomic E-state index is -0.193. The third kappa shape index (κ3) is 3.72. The molecule has 0 spiro atoms. The lowest BCUT2D eigenvalue weighted by Gasteiger charge is -2.12. The smallest absolute Gasteiger partial charge is 0.257 e. The van der Waals surface area contributed by atoms with Crippen LogP contribution in [0.4, 0.5) is 0 Å². The summed E-state index contributed by atoms with van der Waals surface area (Å²) in [4.78, 5) is 22.1. The van der Waals surface area contributed by atoms with Crippen LogP contribution in [0.1, 0.15) is 5.56 Å². The van der Waals surface area contributed by atoms with Crippen LogP contribution < -0.4 is 15.5 Å². The number of rotatable bonds is 4. The van der Waals surface area contributed by atoms with Gasteiger partial charge >= 0.3 is 0 Å². The maximum atomic E-state index is 11.1. The SMILES string of the molecule is CNC(=O)COc1cccc(C2=NNC(=O)CS2)c1. The first-order valence-corrected chi connectivity index (χ1v) is 6.61. The van der Waals surface area contributed by atoms with Crippen molar-refractivity contribution in [2.24, 2.45) is 5.10 Å². The van der Waals surface area contributed by atoms with Crippen molar-refractivity contribution >= 4 is 28.6 Å². The summed E-state index contributed by atoms with van der Waals surface area (Å²) in [7, 11) is 1.55. The van der Waals surface area contributed by atoms with Crippen molar-refractivity contribution in [1.82, 2.24) is 10.7 Å². The number of benzene rings is 1. The van der Waals surface area contributed by atoms with Gasteiger partial charge in [-0.15, -0.1) is 0 Å². The van der Waals surface area contributed by atoms with E-state index in [9.17, 15) is 9.59 Å². The van der Waals surface area contributed by atoms with Crippen molar-refractivity contribution in [2.45, 2.75) is 0 Å². The molecule has 100 valence electrons. The van der Waals surface area contributed by atoms with E-state index in [1.54, 1.807) is 19.2 Å². The molecule has 1 aliphatic rings. The standard InChI is InChI=1S/C12H13N3O3S/c1-13-10(16)6-18-9-4-2-3-8(5-9)12-15-14-11(17)7-19-12/h2-5H,6-7H2,1H3,(H,13,16)(H,14,17). The fraction of sp³-hybridized carbons (Fsp3) is 0.250. The third-order valence-electron chi connectivity index (χ3n) is 2.35. The van der Waals surface area contributed by atoms with Gasteiger partial charge in [-0.3, -0.25) is 9.59 Å². The van der Waals surface area contributed by atoms with Crippen LogP contribution >= 0.6 is 11.8 Å². The van der Waals surface area contributed by atoms with E-state index in [0.29, 0.717) is 11.5 Å². The van der Waals surface area contributed by atoms with E-state index in [0.717, 1.165) is 10.6 Å². The summed E-state index contributed by atoms with van der Waals surface area (Å²) in [6.45, 7) is -0.0314. The molecule has 19 heavy (non-hydrogen) atoms. The molecule has 0 atom stereocenters. The molecule has 0 saturated carbocycles. The molecule has 7 heteroatoms. The highest BCUT2D eigenvalue weighted by Crippen LogP contribution is 2.20. The van der Waals surface area contributed by atoms with Gasteiger partial charge < -0.3 is 10.1 Å². The van der Waals surface area contributed by atoms with Gasteiger partial charge in [0.1, 0.15) is 10.8 Å². The predicted molar refractivity (Wildman–Crippen MR) is 73.1 cm³/mol. The zero-order chi connectivity index (χ0) is 13.7. The van der Waals surface area contributed by atoms with E-state index < -0.39 is 0 Å². The number of ether oxygens (including phenoxy) is 1. The molecular weight excluding hydrogens is 266 g/mol. The van der Waals surface area contributed by atoms with Crippen LogP contribution in [0.3, 0.4) is 0 Å². The number of hydrazone groups is 1. The fourth-order valence-electron chi connectivity index (χ4n) is 1.40. The van der Waals surface area contributed by atoms with Crippen molar-refractivity contribution < 1.29 is 14.3 Å². The lowest BCUT2D eigenvalue weighted by Crippen LogP contribution is -2.26. The minimum absolute atomic E-state index is 0.0314. The number of likely N-dealkylation sites (N-methyl/N-ethyl adjacent to an activating group) is 1. The molecule has 0 radical (unpaired) electrons. The lowest BCUT2D eigenvalue weighted by atomic mass is 10.2. The molecule has 0 bridgehead atoms. The monoisotopic (exact) mass is 279 g/mol. The van der Waals surface area contributed by atoms with Gasteiger partial charge in [-0.25, -0.2) is 5.43 Å². The van der Waals surface area contributed by atoms with Crippen molar-refractivity contribution in [1.29, 1.82) is 0 Å². The number of nitrogens with one attached hydrogen (secondary N) is 2. The summed E-state index contributed by atoms with van der Waals surface area (Å²) < 4.78 is 5.35. The number of hydrogen-bond acceptors (Lipinski definition) is 5. The largest absolute Gasteiger partial charge is 0.484 e. The minimum Gasteiger partial charge on any atom is -0.484 e. The molecule has 1 aromatic carbocycles. The Balaban J connectivity index is 2.07. The van der Waals surface area contributed by atoms with Crippen molar-refractivity contribution in [3.8, 4) is 5.75 Å². The Morgan fingerprint density at radius 1 is 1.58 bits per heavy atom. The highest BCUT2D eigenvalue weighted by molar-refractivity contribution is 8.15. The number of thioether (sulfide) groups is 1. The van der Waals surface area contributed by atoms with Gasteiger partial charge in [0.25, 0.3) is 11.8 Å². The second kappa shape index (κ2) is 6.24. The first kappa shape index (κ1) is 13.4. The fourth-order valence-corrected chi connectivity index (χ4v) is 2.14. The predicted octanol–water partition coefficient (Wildman–Crippen LogP) is 0.336. The molecule has 0 saturated heterocycles. The molecule has 0 aromatic heterocycles. The molecule has 2 rings (SSSR count). The molecule has 1 aliphatic heterocycles. The van der Waals surface area contributed by atoms with E-state index >= 15 is 0 Å². The summed E-state index contributed by atoms with van der Waals surface area (Å²) in [5.74, 6) is 0.631. The first-order valence-electron chi connectivity index (χ1n) is 5.62. The quantitative estimate of drug-likeness (QED) is 0.832. The van der Waals surface area contributed by atoms with Crippen LogP contribution in [-0.2, 0) is 9.59 Å². The highest BCUT2D eigenvalue weighted by atomic mass is 32.2. The maximum Gasteiger partial charge on any atom is 0.257 e. The Kier molecular flexibility index (Phi) is 4.40. The molecule has 6 nitrogen and oxygen atoms in total. The number of carbonyl (C=O) groups is 2. The summed E-state index contributed by atoms with van der Waals surface area (Å²) in [6, 6.07) is 7.23. The molecule has 2 N–H and O–H groups in total. The van der Waals surface area contributed by atoms with Crippen molar-refractivity contribution in [2.75, 3.05) is 19.4 Å². The topological polar surface area (TPSA) is 79.8 Å². The summed E-state index contributed by atoms with van der Waals surface area (Å²) in [5.41, 5.74) is 3.28. The average molecular weight is 279 g/mol. The van der Waals surface area contributed by atoms with Crippen LogP contribution in [-0.4, -0.2) is 36.3 Å². The number of carbonyl (C=O) groups excluding carboxylic acids is 2. The van der Waals surface area contributed by atoms with Gasteiger partial charge in [0.05, 0.1) is 5.75 Å². The first-order chi connectivity index (χ1) is 9.19. The van der Waals surface area contributed by atoms with Crippen molar-refractivity contribution in [3.05, 3.63) is 29.8 Å². The Hall–Kier alpha value is -2.02. The zero-order valence-corrected chi connectivity index (χ0v) is 11.1. The maximum absolute atomic E-state index is 11.1. The Morgan fingerprint density at radius 3 is 3.11 bits per heavy atom. The van der Waals surface area contributed by atoms with E-state index in [1.165, 1.54) is 11.8 Å². The Bertz CT molecular complexity index is 531. The molecule has 2 amide bonds. The molecule has 0 unspecified atom stereocenters. The van der Waals surface area contributed by atoms with Crippen LogP contribution in [0.5, 0.6) is 5.75 Å². The average Bonchev–Trinajstić information content (AvgIpc) is 2.46. The van der Waals surface area contributed by atoms with Gasteiger partial charge in [-0.05, 0) is 12.1 Å². The molecule has 1 aromatic rings. The summed E-state index contributed by atoms with van der Waals surface area (Å²) >= 11 is 1.37. The highest BCUT2D eigenvalue weighted by Gasteiger charge is 2.14. The molecule has 1 heterocycles. The third-order valence-corrected chi connectivity index (χ3v) is 3.36. The van der Waals surface area contributed by atoms with E-state index in [1.807, 2.05) is 12.1 Å². The molecular formula is C12H13N3O3S. The summed E-state index contributed by atoms with van der Waals surface area (Å²) in [6.07, 6.45) is 0. The second-order valence-electron chi connectivity index (χ2n) is 3.73. The number of hydrogen-bond donors (Lipinski definition) is 2. The second-order valence-corrected chi connectivity index (χ2v) is 4.69. The van der Waals surface area contributed by atoms with Crippen LogP contribution in [0.2, 0.25) is 0 Å². The van der Waals surface area contributed by atoms with E-state index in [-0.39, 0.29) is 18.4 Å². The van der Waals surface area contributed by atoms with Gasteiger partial charge in [0, 0.05) is 12.6 Å². The van der Waals surface area contributed by atoms with Gasteiger partial charge in [0.2, 0.25) is 0 Å². The normalized spacial score (nSPS) is 14.4. The van der Waals surface area contributed by atoms with Gasteiger partial charge in [-0.2, -0.15) is 5.10 Å². The summed E-state index contributed by atoms with van der Waals surface area (Å²) in [5, 5.41) is 7.18.